The number of benzene rings is 1. The van der Waals surface area contributed by atoms with E-state index in [1.54, 1.807) is 12.1 Å². The van der Waals surface area contributed by atoms with Crippen LogP contribution in [-0.2, 0) is 9.59 Å². The van der Waals surface area contributed by atoms with Crippen LogP contribution in [0.5, 0.6) is 0 Å². The molecule has 3 fully saturated rings. The normalized spacial score (nSPS) is 40.2. The van der Waals surface area contributed by atoms with Gasteiger partial charge in [-0.2, -0.15) is 0 Å². The van der Waals surface area contributed by atoms with E-state index in [9.17, 15) is 14.0 Å². The summed E-state index contributed by atoms with van der Waals surface area (Å²) in [5, 5.41) is 0. The molecule has 0 unspecified atom stereocenters. The van der Waals surface area contributed by atoms with E-state index in [0.717, 1.165) is 56.1 Å². The highest BCUT2D eigenvalue weighted by atomic mass is 19.1. The summed E-state index contributed by atoms with van der Waals surface area (Å²) in [6.07, 6.45) is 7.42. The smallest absolute Gasteiger partial charge is 0.163 e. The van der Waals surface area contributed by atoms with E-state index in [2.05, 4.69) is 13.8 Å². The molecule has 1 aromatic carbocycles. The van der Waals surface area contributed by atoms with Crippen LogP contribution in [0.4, 0.5) is 4.39 Å². The van der Waals surface area contributed by atoms with Crippen molar-refractivity contribution in [2.24, 2.45) is 28.6 Å². The van der Waals surface area contributed by atoms with Gasteiger partial charge in [0.1, 0.15) is 11.6 Å². The summed E-state index contributed by atoms with van der Waals surface area (Å²) < 4.78 is 13.4. The SMILES string of the molecule is C[C@]12CCC(=O)C(c3ccc(F)cc3)=C1CC[C@@H]1[C@@H]2CC[C@]2(C)C(=O)CC[C@@H]12. The maximum absolute atomic E-state index is 13.4. The van der Waals surface area contributed by atoms with Crippen molar-refractivity contribution in [2.75, 3.05) is 0 Å². The van der Waals surface area contributed by atoms with Crippen molar-refractivity contribution < 1.29 is 14.0 Å². The fraction of sp³-hybridized carbons (Fsp3) is 0.600. The van der Waals surface area contributed by atoms with Crippen molar-refractivity contribution in [2.45, 2.75) is 65.2 Å². The maximum Gasteiger partial charge on any atom is 0.163 e. The van der Waals surface area contributed by atoms with Crippen LogP contribution in [0.3, 0.4) is 0 Å². The lowest BCUT2D eigenvalue weighted by molar-refractivity contribution is -0.132. The Kier molecular flexibility index (Phi) is 3.99. The lowest BCUT2D eigenvalue weighted by Gasteiger charge is -2.57. The molecule has 28 heavy (non-hydrogen) atoms. The number of carbonyl (C=O) groups excluding carboxylic acids is 2. The van der Waals surface area contributed by atoms with E-state index in [4.69, 9.17) is 0 Å². The molecule has 5 rings (SSSR count). The number of allylic oxidation sites excluding steroid dienone is 1. The Bertz CT molecular complexity index is 882. The molecule has 0 saturated heterocycles. The molecule has 4 aliphatic carbocycles. The molecule has 0 aromatic heterocycles. The second-order valence-electron chi connectivity index (χ2n) is 10.0. The largest absolute Gasteiger partial charge is 0.299 e. The van der Waals surface area contributed by atoms with Crippen LogP contribution in [0.25, 0.3) is 5.57 Å². The van der Waals surface area contributed by atoms with Crippen LogP contribution in [-0.4, -0.2) is 11.6 Å². The minimum Gasteiger partial charge on any atom is -0.299 e. The molecule has 0 spiro atoms. The molecule has 3 saturated carbocycles. The molecule has 0 N–H and O–H groups in total. The van der Waals surface area contributed by atoms with Gasteiger partial charge in [-0.05, 0) is 79.4 Å². The molecule has 5 atom stereocenters. The molecule has 0 amide bonds. The average molecular weight is 381 g/mol. The summed E-state index contributed by atoms with van der Waals surface area (Å²) >= 11 is 0. The topological polar surface area (TPSA) is 34.1 Å². The van der Waals surface area contributed by atoms with Gasteiger partial charge in [-0.25, -0.2) is 4.39 Å². The van der Waals surface area contributed by atoms with Crippen molar-refractivity contribution in [1.29, 1.82) is 0 Å². The summed E-state index contributed by atoms with van der Waals surface area (Å²) in [6, 6.07) is 6.45. The first-order chi connectivity index (χ1) is 13.3. The van der Waals surface area contributed by atoms with Gasteiger partial charge in [-0.3, -0.25) is 9.59 Å². The van der Waals surface area contributed by atoms with E-state index in [1.807, 2.05) is 0 Å². The average Bonchev–Trinajstić information content (AvgIpc) is 2.98. The summed E-state index contributed by atoms with van der Waals surface area (Å²) in [6.45, 7) is 4.58. The van der Waals surface area contributed by atoms with Crippen molar-refractivity contribution in [3.63, 3.8) is 0 Å². The van der Waals surface area contributed by atoms with Gasteiger partial charge in [0.25, 0.3) is 0 Å². The van der Waals surface area contributed by atoms with Crippen molar-refractivity contribution in [3.8, 4) is 0 Å². The number of hydrogen-bond acceptors (Lipinski definition) is 2. The first kappa shape index (κ1) is 18.3. The second kappa shape index (κ2) is 6.11. The van der Waals surface area contributed by atoms with Crippen LogP contribution in [0.15, 0.2) is 29.8 Å². The fourth-order valence-electron chi connectivity index (χ4n) is 7.44. The van der Waals surface area contributed by atoms with Gasteiger partial charge in [0.15, 0.2) is 5.78 Å². The van der Waals surface area contributed by atoms with Gasteiger partial charge in [0.2, 0.25) is 0 Å². The van der Waals surface area contributed by atoms with E-state index >= 15 is 0 Å². The van der Waals surface area contributed by atoms with E-state index in [0.29, 0.717) is 30.0 Å². The fourth-order valence-corrected chi connectivity index (χ4v) is 7.44. The zero-order valence-corrected chi connectivity index (χ0v) is 16.9. The number of rotatable bonds is 1. The lowest BCUT2D eigenvalue weighted by Crippen LogP contribution is -2.51. The van der Waals surface area contributed by atoms with Gasteiger partial charge < -0.3 is 0 Å². The van der Waals surface area contributed by atoms with E-state index in [-0.39, 0.29) is 22.4 Å². The third kappa shape index (κ3) is 2.37. The highest BCUT2D eigenvalue weighted by Crippen LogP contribution is 2.65. The predicted molar refractivity (Wildman–Crippen MR) is 107 cm³/mol. The molecule has 2 nitrogen and oxygen atoms in total. The summed E-state index contributed by atoms with van der Waals surface area (Å²) in [5.41, 5.74) is 2.98. The molecule has 1 aromatic rings. The molecule has 0 radical (unpaired) electrons. The highest BCUT2D eigenvalue weighted by Gasteiger charge is 2.59. The maximum atomic E-state index is 13.4. The third-order valence-corrected chi connectivity index (χ3v) is 8.97. The Morgan fingerprint density at radius 2 is 1.57 bits per heavy atom. The monoisotopic (exact) mass is 380 g/mol. The van der Waals surface area contributed by atoms with Crippen molar-refractivity contribution in [3.05, 3.63) is 41.2 Å². The van der Waals surface area contributed by atoms with Crippen molar-refractivity contribution >= 4 is 17.1 Å². The Hall–Kier alpha value is -1.77. The molecule has 4 aliphatic rings. The van der Waals surface area contributed by atoms with E-state index < -0.39 is 0 Å². The molecule has 0 aliphatic heterocycles. The first-order valence-corrected chi connectivity index (χ1v) is 10.9. The number of ketones is 2. The summed E-state index contributed by atoms with van der Waals surface area (Å²) in [7, 11) is 0. The number of Topliss-reactive ketones (excluding diaryl/α,β-unsaturated/α-hetero) is 2. The van der Waals surface area contributed by atoms with Gasteiger partial charge in [0.05, 0.1) is 0 Å². The highest BCUT2D eigenvalue weighted by molar-refractivity contribution is 6.22. The standard InChI is InChI=1S/C25H29FO2/c1-24-14-12-21(27)23(15-3-5-16(26)6-4-15)20(24)8-7-17-18-9-10-22(28)25(18,2)13-11-19(17)24/h3-6,17-19H,7-14H2,1-2H3/t17-,18-,19-,24+,25-/m0/s1. The second-order valence-corrected chi connectivity index (χ2v) is 10.0. The van der Waals surface area contributed by atoms with Crippen LogP contribution in [0.1, 0.15) is 70.8 Å². The van der Waals surface area contributed by atoms with Crippen LogP contribution >= 0.6 is 0 Å². The zero-order valence-electron chi connectivity index (χ0n) is 16.9. The predicted octanol–water partition coefficient (Wildman–Crippen LogP) is 5.75. The molecule has 148 valence electrons. The van der Waals surface area contributed by atoms with E-state index in [1.165, 1.54) is 17.7 Å². The Balaban J connectivity index is 1.58. The van der Waals surface area contributed by atoms with Gasteiger partial charge in [-0.15, -0.1) is 0 Å². The first-order valence-electron chi connectivity index (χ1n) is 10.9. The summed E-state index contributed by atoms with van der Waals surface area (Å²) in [5.74, 6) is 2.11. The van der Waals surface area contributed by atoms with Crippen LogP contribution in [0.2, 0.25) is 0 Å². The molecular weight excluding hydrogens is 351 g/mol. The van der Waals surface area contributed by atoms with Gasteiger partial charge in [0, 0.05) is 23.8 Å². The minimum absolute atomic E-state index is 0.0352. The Morgan fingerprint density at radius 1 is 0.857 bits per heavy atom. The zero-order chi connectivity index (χ0) is 19.7. The number of fused-ring (bicyclic) bond motifs is 5. The van der Waals surface area contributed by atoms with Crippen LogP contribution < -0.4 is 0 Å². The Labute approximate surface area is 166 Å². The quantitative estimate of drug-likeness (QED) is 0.621. The lowest BCUT2D eigenvalue weighted by atomic mass is 9.46. The molecule has 0 heterocycles. The van der Waals surface area contributed by atoms with Gasteiger partial charge in [-0.1, -0.05) is 31.6 Å². The Morgan fingerprint density at radius 3 is 2.32 bits per heavy atom. The van der Waals surface area contributed by atoms with Gasteiger partial charge >= 0.3 is 0 Å². The molecule has 3 heteroatoms. The third-order valence-electron chi connectivity index (χ3n) is 8.97. The number of carbonyl (C=O) groups is 2. The number of halogens is 1. The summed E-state index contributed by atoms with van der Waals surface area (Å²) in [4.78, 5) is 25.5. The minimum atomic E-state index is -0.262. The van der Waals surface area contributed by atoms with Crippen LogP contribution in [0, 0.1) is 34.4 Å². The molecular formula is C25H29FO2. The molecule has 0 bridgehead atoms. The van der Waals surface area contributed by atoms with Crippen molar-refractivity contribution in [1.82, 2.24) is 0 Å². The number of hydrogen-bond donors (Lipinski definition) is 0.